The van der Waals surface area contributed by atoms with E-state index >= 15 is 0 Å². The Morgan fingerprint density at radius 3 is 1.40 bits per heavy atom. The van der Waals surface area contributed by atoms with Crippen LogP contribution in [0.5, 0.6) is 0 Å². The highest BCUT2D eigenvalue weighted by Gasteiger charge is 2.40. The fraction of sp³-hybridized carbons (Fsp3) is 0. The highest BCUT2D eigenvalue weighted by atomic mass is 15.1. The van der Waals surface area contributed by atoms with E-state index in [1.807, 2.05) is 12.7 Å². The van der Waals surface area contributed by atoms with Crippen LogP contribution in [0.4, 0.5) is 0 Å². The fourth-order valence-corrected chi connectivity index (χ4v) is 8.87. The third-order valence-electron chi connectivity index (χ3n) is 10.9. The van der Waals surface area contributed by atoms with E-state index in [-0.39, 0.29) is 6.71 Å². The van der Waals surface area contributed by atoms with Gasteiger partial charge in [0.2, 0.25) is 0 Å². The molecule has 0 spiro atoms. The summed E-state index contributed by atoms with van der Waals surface area (Å²) in [6.07, 6.45) is 4.04. The summed E-state index contributed by atoms with van der Waals surface area (Å²) in [6.45, 7) is -0.00192. The van der Waals surface area contributed by atoms with Crippen LogP contribution >= 0.6 is 0 Å². The van der Waals surface area contributed by atoms with Crippen LogP contribution < -0.4 is 16.4 Å². The normalized spacial score (nSPS) is 12.8. The molecule has 5 nitrogen and oxygen atoms in total. The molecule has 0 bridgehead atoms. The Balaban J connectivity index is 1.23. The summed E-state index contributed by atoms with van der Waals surface area (Å²) in [4.78, 5) is 10.1. The molecule has 0 atom stereocenters. The Hall–Kier alpha value is -6.66. The van der Waals surface area contributed by atoms with Gasteiger partial charge < -0.3 is 4.57 Å². The molecule has 0 fully saturated rings. The Kier molecular flexibility index (Phi) is 4.99. The van der Waals surface area contributed by atoms with Crippen LogP contribution in [-0.2, 0) is 0 Å². The van der Waals surface area contributed by atoms with Gasteiger partial charge in [-0.15, -0.1) is 0 Å². The molecule has 3 aromatic heterocycles. The third kappa shape index (κ3) is 3.37. The van der Waals surface area contributed by atoms with Gasteiger partial charge in [0.15, 0.2) is 0 Å². The molecular formula is C44H26BN5. The largest absolute Gasteiger partial charge is 0.309 e. The van der Waals surface area contributed by atoms with Crippen LogP contribution in [0, 0.1) is 0 Å². The van der Waals surface area contributed by atoms with E-state index in [2.05, 4.69) is 159 Å². The van der Waals surface area contributed by atoms with Gasteiger partial charge in [0.05, 0.1) is 38.8 Å². The molecule has 0 saturated carbocycles. The Bertz CT molecular complexity index is 2840. The number of hydrogen-bond donors (Lipinski definition) is 0. The highest BCUT2D eigenvalue weighted by molar-refractivity contribution is 7.00. The molecular weight excluding hydrogens is 609 g/mol. The maximum absolute atomic E-state index is 5.07. The molecule has 7 aromatic carbocycles. The second kappa shape index (κ2) is 9.49. The van der Waals surface area contributed by atoms with Crippen LogP contribution in [0.1, 0.15) is 0 Å². The van der Waals surface area contributed by atoms with Gasteiger partial charge in [0, 0.05) is 22.1 Å². The predicted octanol–water partition coefficient (Wildman–Crippen LogP) is 7.94. The summed E-state index contributed by atoms with van der Waals surface area (Å²) in [5, 5.41) is 2.50. The lowest BCUT2D eigenvalue weighted by Crippen LogP contribution is -2.59. The van der Waals surface area contributed by atoms with Gasteiger partial charge in [-0.1, -0.05) is 109 Å². The molecule has 0 unspecified atom stereocenters. The van der Waals surface area contributed by atoms with Crippen molar-refractivity contribution in [2.75, 3.05) is 0 Å². The number of imidazole rings is 2. The molecule has 5 heterocycles. The molecule has 230 valence electrons. The van der Waals surface area contributed by atoms with E-state index < -0.39 is 0 Å². The summed E-state index contributed by atoms with van der Waals surface area (Å²) in [7, 11) is 0. The quantitative estimate of drug-likeness (QED) is 0.185. The lowest BCUT2D eigenvalue weighted by Gasteiger charge is -2.33. The van der Waals surface area contributed by atoms with Crippen LogP contribution in [0.25, 0.3) is 83.2 Å². The molecule has 0 radical (unpaired) electrons. The number of rotatable bonds is 3. The zero-order valence-corrected chi connectivity index (χ0v) is 26.8. The number of nitrogens with zero attached hydrogens (tertiary/aromatic N) is 5. The van der Waals surface area contributed by atoms with Crippen molar-refractivity contribution >= 4 is 67.0 Å². The number of para-hydroxylation sites is 2. The molecule has 12 rings (SSSR count). The van der Waals surface area contributed by atoms with Gasteiger partial charge >= 0.3 is 0 Å². The second-order valence-electron chi connectivity index (χ2n) is 13.5. The Labute approximate surface area is 287 Å². The first-order chi connectivity index (χ1) is 24.8. The first-order valence-electron chi connectivity index (χ1n) is 17.1. The monoisotopic (exact) mass is 635 g/mol. The summed E-state index contributed by atoms with van der Waals surface area (Å²) in [5.41, 5.74) is 18.7. The summed E-state index contributed by atoms with van der Waals surface area (Å²) in [5.74, 6) is 0. The molecule has 0 N–H and O–H groups in total. The highest BCUT2D eigenvalue weighted by Crippen LogP contribution is 2.37. The lowest BCUT2D eigenvalue weighted by molar-refractivity contribution is 1.05. The topological polar surface area (TPSA) is 40.6 Å². The van der Waals surface area contributed by atoms with Gasteiger partial charge in [0.1, 0.15) is 12.7 Å². The van der Waals surface area contributed by atoms with E-state index in [4.69, 9.17) is 9.97 Å². The van der Waals surface area contributed by atoms with Gasteiger partial charge in [-0.25, -0.2) is 9.97 Å². The van der Waals surface area contributed by atoms with E-state index in [9.17, 15) is 0 Å². The molecule has 2 aliphatic rings. The number of benzene rings is 7. The molecule has 0 aliphatic carbocycles. The van der Waals surface area contributed by atoms with Crippen LogP contribution in [-0.4, -0.2) is 30.4 Å². The third-order valence-corrected chi connectivity index (χ3v) is 10.9. The number of fused-ring (bicyclic) bond motifs is 7. The second-order valence-corrected chi connectivity index (χ2v) is 13.5. The maximum atomic E-state index is 5.07. The summed E-state index contributed by atoms with van der Waals surface area (Å²) in [6, 6.07) is 52.9. The summed E-state index contributed by atoms with van der Waals surface area (Å²) >= 11 is 0. The van der Waals surface area contributed by atoms with Crippen molar-refractivity contribution in [3.63, 3.8) is 0 Å². The first kappa shape index (κ1) is 26.3. The van der Waals surface area contributed by atoms with Gasteiger partial charge in [0.25, 0.3) is 6.71 Å². The van der Waals surface area contributed by atoms with E-state index in [0.29, 0.717) is 0 Å². The Morgan fingerprint density at radius 2 is 0.900 bits per heavy atom. The minimum absolute atomic E-state index is 0.00192. The molecule has 2 aliphatic heterocycles. The number of hydrogen-bond acceptors (Lipinski definition) is 2. The zero-order chi connectivity index (χ0) is 32.5. The standard InChI is InChI=1S/C44H26BN5/c1-3-11-27(12-4-1)29-19-34-43-36(21-29)46-25-48(43)40-23-31(50-38-17-9-7-15-32(38)33-16-8-10-18-39(33)50)24-41-42(40)45(34)35-20-30(28-13-5-2-6-14-28)22-37-44(35)49(41)26-47-37/h1-26H. The van der Waals surface area contributed by atoms with Crippen molar-refractivity contribution in [3.05, 3.63) is 158 Å². The van der Waals surface area contributed by atoms with Crippen LogP contribution in [0.2, 0.25) is 0 Å². The van der Waals surface area contributed by atoms with Crippen molar-refractivity contribution in [1.82, 2.24) is 23.7 Å². The smallest absolute Gasteiger partial charge is 0.252 e. The van der Waals surface area contributed by atoms with Crippen molar-refractivity contribution in [1.29, 1.82) is 0 Å². The molecule has 0 saturated heterocycles. The molecule has 50 heavy (non-hydrogen) atoms. The van der Waals surface area contributed by atoms with Crippen LogP contribution in [0.15, 0.2) is 158 Å². The van der Waals surface area contributed by atoms with Crippen molar-refractivity contribution in [2.45, 2.75) is 0 Å². The van der Waals surface area contributed by atoms with Gasteiger partial charge in [-0.3, -0.25) is 9.13 Å². The van der Waals surface area contributed by atoms with Crippen molar-refractivity contribution in [3.8, 4) is 39.3 Å². The maximum Gasteiger partial charge on any atom is 0.252 e. The minimum atomic E-state index is -0.00192. The Morgan fingerprint density at radius 1 is 0.440 bits per heavy atom. The van der Waals surface area contributed by atoms with E-state index in [1.165, 1.54) is 71.5 Å². The summed E-state index contributed by atoms with van der Waals surface area (Å²) < 4.78 is 7.07. The van der Waals surface area contributed by atoms with Gasteiger partial charge in [-0.2, -0.15) is 0 Å². The van der Waals surface area contributed by atoms with Crippen LogP contribution in [0.3, 0.4) is 0 Å². The van der Waals surface area contributed by atoms with E-state index in [1.54, 1.807) is 0 Å². The van der Waals surface area contributed by atoms with Crippen molar-refractivity contribution in [2.24, 2.45) is 0 Å². The fourth-order valence-electron chi connectivity index (χ4n) is 8.87. The lowest BCUT2D eigenvalue weighted by atomic mass is 9.34. The SMILES string of the molecule is c1ccc(-c2cc3c4c(c2)ncn4-c2cc(-n4c5ccccc5c5ccccc54)cc4c2B3c2cc(-c3ccccc3)cc3ncn-4c23)cc1. The molecule has 10 aromatic rings. The molecule has 6 heteroatoms. The number of aromatic nitrogens is 5. The van der Waals surface area contributed by atoms with Crippen molar-refractivity contribution < 1.29 is 0 Å². The van der Waals surface area contributed by atoms with Gasteiger partial charge in [-0.05, 0) is 75.0 Å². The minimum Gasteiger partial charge on any atom is -0.309 e. The van der Waals surface area contributed by atoms with E-state index in [0.717, 1.165) is 28.1 Å². The first-order valence-corrected chi connectivity index (χ1v) is 17.1. The molecule has 0 amide bonds. The average Bonchev–Trinajstić information content (AvgIpc) is 3.90. The predicted molar refractivity (Wildman–Crippen MR) is 206 cm³/mol. The average molecular weight is 636 g/mol. The zero-order valence-electron chi connectivity index (χ0n) is 26.8.